The number of halogens is 1. The van der Waals surface area contributed by atoms with E-state index in [1.54, 1.807) is 12.1 Å². The molecule has 2 atom stereocenters. The Bertz CT molecular complexity index is 1080. The number of rotatable bonds is 9. The second kappa shape index (κ2) is 11.6. The van der Waals surface area contributed by atoms with E-state index < -0.39 is 0 Å². The molecule has 8 heteroatoms. The number of ether oxygens (including phenoxy) is 1. The standard InChI is InChI=1S/C26H31ClN4O3/c1-18-15-31(16-19(2)33-18)17-22-7-4-3-6-21(22)14-28-24(32)8-5-9-25-29-26(30-34-25)20-10-12-23(27)13-11-20/h3-4,6-7,10-13,18-19H,5,8-9,14-17H2,1-2H3,(H,28,32). The van der Waals surface area contributed by atoms with Crippen LogP contribution in [0.2, 0.25) is 5.02 Å². The van der Waals surface area contributed by atoms with E-state index in [2.05, 4.69) is 52.4 Å². The second-order valence-electron chi connectivity index (χ2n) is 8.87. The molecule has 2 unspecified atom stereocenters. The van der Waals surface area contributed by atoms with Crippen LogP contribution in [0.25, 0.3) is 11.4 Å². The molecule has 34 heavy (non-hydrogen) atoms. The van der Waals surface area contributed by atoms with E-state index in [1.165, 1.54) is 5.56 Å². The van der Waals surface area contributed by atoms with Crippen molar-refractivity contribution in [3.63, 3.8) is 0 Å². The Morgan fingerprint density at radius 1 is 1.09 bits per heavy atom. The monoisotopic (exact) mass is 482 g/mol. The summed E-state index contributed by atoms with van der Waals surface area (Å²) < 4.78 is 11.2. The molecule has 7 nitrogen and oxygen atoms in total. The minimum atomic E-state index is 0.0147. The molecule has 0 bridgehead atoms. The highest BCUT2D eigenvalue weighted by molar-refractivity contribution is 6.30. The van der Waals surface area contributed by atoms with Crippen molar-refractivity contribution in [2.24, 2.45) is 0 Å². The molecule has 1 N–H and O–H groups in total. The van der Waals surface area contributed by atoms with Crippen molar-refractivity contribution < 1.29 is 14.1 Å². The zero-order valence-corrected chi connectivity index (χ0v) is 20.4. The van der Waals surface area contributed by atoms with Gasteiger partial charge in [0.15, 0.2) is 0 Å². The summed E-state index contributed by atoms with van der Waals surface area (Å²) in [6.45, 7) is 7.44. The predicted molar refractivity (Wildman–Crippen MR) is 131 cm³/mol. The molecule has 3 aromatic rings. The normalized spacial score (nSPS) is 18.7. The third-order valence-electron chi connectivity index (χ3n) is 5.85. The number of carbonyl (C=O) groups is 1. The highest BCUT2D eigenvalue weighted by Gasteiger charge is 2.22. The van der Waals surface area contributed by atoms with E-state index in [0.717, 1.165) is 30.8 Å². The number of carbonyl (C=O) groups excluding carboxylic acids is 1. The summed E-state index contributed by atoms with van der Waals surface area (Å²) in [5.74, 6) is 1.06. The third-order valence-corrected chi connectivity index (χ3v) is 6.10. The number of benzene rings is 2. The van der Waals surface area contributed by atoms with Gasteiger partial charge in [0.25, 0.3) is 0 Å². The number of aromatic nitrogens is 2. The molecule has 1 aromatic heterocycles. The van der Waals surface area contributed by atoms with Gasteiger partial charge in [-0.25, -0.2) is 0 Å². The van der Waals surface area contributed by atoms with Crippen molar-refractivity contribution in [1.82, 2.24) is 20.4 Å². The molecule has 2 aromatic carbocycles. The lowest BCUT2D eigenvalue weighted by Gasteiger charge is -2.35. The average Bonchev–Trinajstić information content (AvgIpc) is 3.27. The molecular formula is C26H31ClN4O3. The van der Waals surface area contributed by atoms with E-state index in [1.807, 2.05) is 18.2 Å². The zero-order valence-electron chi connectivity index (χ0n) is 19.7. The van der Waals surface area contributed by atoms with Crippen LogP contribution in [0.5, 0.6) is 0 Å². The third kappa shape index (κ3) is 6.88. The van der Waals surface area contributed by atoms with Crippen LogP contribution in [-0.2, 0) is 29.0 Å². The van der Waals surface area contributed by atoms with Crippen molar-refractivity contribution in [3.8, 4) is 11.4 Å². The number of nitrogens with zero attached hydrogens (tertiary/aromatic N) is 3. The van der Waals surface area contributed by atoms with E-state index >= 15 is 0 Å². The van der Waals surface area contributed by atoms with Gasteiger partial charge >= 0.3 is 0 Å². The second-order valence-corrected chi connectivity index (χ2v) is 9.31. The molecule has 0 radical (unpaired) electrons. The largest absolute Gasteiger partial charge is 0.373 e. The quantitative estimate of drug-likeness (QED) is 0.478. The van der Waals surface area contributed by atoms with Crippen LogP contribution in [0.3, 0.4) is 0 Å². The van der Waals surface area contributed by atoms with Gasteiger partial charge in [-0.2, -0.15) is 4.98 Å². The van der Waals surface area contributed by atoms with Gasteiger partial charge in [-0.3, -0.25) is 9.69 Å². The predicted octanol–water partition coefficient (Wildman–Crippen LogP) is 4.64. The Balaban J connectivity index is 1.23. The molecule has 1 aliphatic rings. The van der Waals surface area contributed by atoms with Gasteiger partial charge in [-0.1, -0.05) is 41.0 Å². The van der Waals surface area contributed by atoms with E-state index in [-0.39, 0.29) is 18.1 Å². The van der Waals surface area contributed by atoms with Crippen LogP contribution >= 0.6 is 11.6 Å². The van der Waals surface area contributed by atoms with Crippen molar-refractivity contribution >= 4 is 17.5 Å². The van der Waals surface area contributed by atoms with E-state index in [9.17, 15) is 4.79 Å². The molecule has 1 fully saturated rings. The maximum atomic E-state index is 12.4. The SMILES string of the molecule is CC1CN(Cc2ccccc2CNC(=O)CCCc2nc(-c3ccc(Cl)cc3)no2)CC(C)O1. The van der Waals surface area contributed by atoms with Crippen LogP contribution in [-0.4, -0.2) is 46.2 Å². The lowest BCUT2D eigenvalue weighted by atomic mass is 10.1. The number of amides is 1. The first kappa shape index (κ1) is 24.4. The molecule has 180 valence electrons. The van der Waals surface area contributed by atoms with Gasteiger partial charge in [-0.15, -0.1) is 0 Å². The summed E-state index contributed by atoms with van der Waals surface area (Å²) in [5, 5.41) is 7.73. The minimum absolute atomic E-state index is 0.0147. The fourth-order valence-electron chi connectivity index (χ4n) is 4.29. The van der Waals surface area contributed by atoms with Gasteiger partial charge in [0.2, 0.25) is 17.6 Å². The summed E-state index contributed by atoms with van der Waals surface area (Å²) in [5.41, 5.74) is 3.23. The molecule has 1 aliphatic heterocycles. The molecule has 1 saturated heterocycles. The molecule has 0 spiro atoms. The summed E-state index contributed by atoms with van der Waals surface area (Å²) in [7, 11) is 0. The van der Waals surface area contributed by atoms with Gasteiger partial charge in [0, 0.05) is 49.6 Å². The fourth-order valence-corrected chi connectivity index (χ4v) is 4.42. The van der Waals surface area contributed by atoms with Gasteiger partial charge in [-0.05, 0) is 55.7 Å². The molecule has 2 heterocycles. The van der Waals surface area contributed by atoms with Crippen molar-refractivity contribution in [2.45, 2.75) is 58.4 Å². The van der Waals surface area contributed by atoms with Crippen molar-refractivity contribution in [2.75, 3.05) is 13.1 Å². The first-order valence-corrected chi connectivity index (χ1v) is 12.1. The van der Waals surface area contributed by atoms with Gasteiger partial charge in [0.05, 0.1) is 12.2 Å². The number of hydrogen-bond acceptors (Lipinski definition) is 6. The van der Waals surface area contributed by atoms with E-state index in [4.69, 9.17) is 20.9 Å². The lowest BCUT2D eigenvalue weighted by molar-refractivity contribution is -0.121. The van der Waals surface area contributed by atoms with Crippen LogP contribution in [0.1, 0.15) is 43.7 Å². The zero-order chi connectivity index (χ0) is 23.9. The summed E-state index contributed by atoms with van der Waals surface area (Å²) in [4.78, 5) is 19.3. The Kier molecular flexibility index (Phi) is 8.32. The minimum Gasteiger partial charge on any atom is -0.373 e. The molecular weight excluding hydrogens is 452 g/mol. The van der Waals surface area contributed by atoms with Gasteiger partial charge < -0.3 is 14.6 Å². The molecule has 0 saturated carbocycles. The topological polar surface area (TPSA) is 80.5 Å². The summed E-state index contributed by atoms with van der Waals surface area (Å²) in [6.07, 6.45) is 2.06. The fraction of sp³-hybridized carbons (Fsp3) is 0.423. The number of nitrogens with one attached hydrogen (secondary N) is 1. The first-order chi connectivity index (χ1) is 16.5. The first-order valence-electron chi connectivity index (χ1n) is 11.8. The number of aryl methyl sites for hydroxylation is 1. The Morgan fingerprint density at radius 2 is 1.79 bits per heavy atom. The van der Waals surface area contributed by atoms with Gasteiger partial charge in [0.1, 0.15) is 0 Å². The van der Waals surface area contributed by atoms with Crippen LogP contribution in [0.4, 0.5) is 0 Å². The van der Waals surface area contributed by atoms with E-state index in [0.29, 0.717) is 42.5 Å². The van der Waals surface area contributed by atoms with Crippen molar-refractivity contribution in [1.29, 1.82) is 0 Å². The van der Waals surface area contributed by atoms with Crippen LogP contribution in [0, 0.1) is 0 Å². The summed E-state index contributed by atoms with van der Waals surface area (Å²) >= 11 is 5.92. The highest BCUT2D eigenvalue weighted by atomic mass is 35.5. The smallest absolute Gasteiger partial charge is 0.226 e. The molecule has 1 amide bonds. The summed E-state index contributed by atoms with van der Waals surface area (Å²) in [6, 6.07) is 15.6. The van der Waals surface area contributed by atoms with Crippen LogP contribution < -0.4 is 5.32 Å². The number of morpholine rings is 1. The van der Waals surface area contributed by atoms with Crippen LogP contribution in [0.15, 0.2) is 53.1 Å². The number of hydrogen-bond donors (Lipinski definition) is 1. The van der Waals surface area contributed by atoms with Crippen molar-refractivity contribution in [3.05, 3.63) is 70.6 Å². The molecule has 0 aliphatic carbocycles. The Hall–Kier alpha value is -2.74. The highest BCUT2D eigenvalue weighted by Crippen LogP contribution is 2.20. The maximum absolute atomic E-state index is 12.4. The maximum Gasteiger partial charge on any atom is 0.226 e. The lowest BCUT2D eigenvalue weighted by Crippen LogP contribution is -2.45. The Labute approximate surface area is 205 Å². The average molecular weight is 483 g/mol. The molecule has 4 rings (SSSR count). The Morgan fingerprint density at radius 3 is 2.53 bits per heavy atom.